The molecule has 2 aromatic heterocycles. The van der Waals surface area contributed by atoms with Gasteiger partial charge >= 0.3 is 5.97 Å². The fraction of sp³-hybridized carbons (Fsp3) is 0.758. The summed E-state index contributed by atoms with van der Waals surface area (Å²) in [7, 11) is 0. The Hall–Kier alpha value is -2.00. The Labute approximate surface area is 259 Å². The minimum Gasteiger partial charge on any atom is -0.481 e. The highest BCUT2D eigenvalue weighted by Gasteiger charge is 2.64. The third kappa shape index (κ3) is 5.89. The molecule has 8 saturated carbocycles. The number of anilines is 2. The number of amides is 1. The van der Waals surface area contributed by atoms with Crippen LogP contribution in [-0.4, -0.2) is 27.0 Å². The number of carbonyl (C=O) groups is 2. The van der Waals surface area contributed by atoms with Gasteiger partial charge in [-0.3, -0.25) is 9.59 Å². The first-order chi connectivity index (χ1) is 19.1. The molecule has 8 aliphatic carbocycles. The molecule has 4 atom stereocenters. The summed E-state index contributed by atoms with van der Waals surface area (Å²) in [5.74, 6) is 1.15. The first-order valence-corrected chi connectivity index (χ1v) is 17.0. The topological polar surface area (TPSA) is 118 Å². The Morgan fingerprint density at radius 2 is 1.21 bits per heavy atom. The minimum atomic E-state index is -0.524. The molecular weight excluding hydrogens is 565 g/mol. The maximum absolute atomic E-state index is 12.9. The lowest BCUT2D eigenvalue weighted by atomic mass is 9.40. The first-order valence-electron chi connectivity index (χ1n) is 15.2. The number of nitrogens with two attached hydrogens (primary N) is 1. The number of carboxylic acids is 1. The molecule has 0 spiro atoms. The number of carboxylic acid groups (broad SMARTS) is 1. The van der Waals surface area contributed by atoms with Gasteiger partial charge < -0.3 is 16.2 Å². The maximum Gasteiger partial charge on any atom is 0.309 e. The molecule has 2 aromatic rings. The van der Waals surface area contributed by atoms with Gasteiger partial charge in [-0.15, -0.1) is 22.7 Å². The van der Waals surface area contributed by atoms with Crippen molar-refractivity contribution in [1.29, 1.82) is 0 Å². The number of nitrogens with one attached hydrogen (secondary N) is 1. The predicted molar refractivity (Wildman–Crippen MR) is 171 cm³/mol. The third-order valence-corrected chi connectivity index (χ3v) is 12.6. The van der Waals surface area contributed by atoms with Crippen LogP contribution in [0.2, 0.25) is 0 Å². The normalized spacial score (nSPS) is 43.3. The van der Waals surface area contributed by atoms with Gasteiger partial charge in [-0.05, 0) is 111 Å². The molecule has 9 heteroatoms. The lowest BCUT2D eigenvalue weighted by Crippen LogP contribution is -2.58. The van der Waals surface area contributed by atoms with Gasteiger partial charge in [-0.25, -0.2) is 9.97 Å². The van der Waals surface area contributed by atoms with Crippen molar-refractivity contribution >= 4 is 44.8 Å². The van der Waals surface area contributed by atoms with Crippen LogP contribution in [0.1, 0.15) is 112 Å². The van der Waals surface area contributed by atoms with Crippen LogP contribution in [0.4, 0.5) is 10.3 Å². The van der Waals surface area contributed by atoms with Gasteiger partial charge in [0.05, 0.1) is 10.8 Å². The van der Waals surface area contributed by atoms with E-state index in [0.717, 1.165) is 49.6 Å². The van der Waals surface area contributed by atoms with Crippen LogP contribution < -0.4 is 11.1 Å². The van der Waals surface area contributed by atoms with Crippen LogP contribution in [0, 0.1) is 44.3 Å². The number of thiazole rings is 2. The number of aliphatic carboxylic acids is 1. The van der Waals surface area contributed by atoms with E-state index in [0.29, 0.717) is 32.7 Å². The van der Waals surface area contributed by atoms with E-state index in [1.807, 2.05) is 10.8 Å². The van der Waals surface area contributed by atoms with Gasteiger partial charge in [0.1, 0.15) is 0 Å². The van der Waals surface area contributed by atoms with Gasteiger partial charge in [0, 0.05) is 23.2 Å². The van der Waals surface area contributed by atoms with Crippen LogP contribution in [0.3, 0.4) is 0 Å². The lowest BCUT2D eigenvalue weighted by molar-refractivity contribution is -0.185. The van der Waals surface area contributed by atoms with E-state index in [2.05, 4.69) is 43.0 Å². The van der Waals surface area contributed by atoms with Crippen molar-refractivity contribution in [3.05, 3.63) is 23.2 Å². The SMILES string of the molecule is C.CC12CC3CC(C)(C1)CC(C(=O)Nc1nccs1)(C3)C2.CC12CC3CC(C)(C1)CC(C(=O)O)(C3)C2.Nc1nccs1. The molecule has 7 nitrogen and oxygen atoms in total. The Kier molecular flexibility index (Phi) is 7.91. The Bertz CT molecular complexity index is 1260. The van der Waals surface area contributed by atoms with E-state index >= 15 is 0 Å². The molecule has 0 aromatic carbocycles. The van der Waals surface area contributed by atoms with Crippen molar-refractivity contribution in [2.75, 3.05) is 11.1 Å². The van der Waals surface area contributed by atoms with Gasteiger partial charge in [0.25, 0.3) is 0 Å². The summed E-state index contributed by atoms with van der Waals surface area (Å²) >= 11 is 2.95. The van der Waals surface area contributed by atoms with Crippen LogP contribution in [0.5, 0.6) is 0 Å². The van der Waals surface area contributed by atoms with Crippen molar-refractivity contribution in [3.8, 4) is 0 Å². The van der Waals surface area contributed by atoms with Crippen molar-refractivity contribution in [3.63, 3.8) is 0 Å². The molecule has 8 fully saturated rings. The predicted octanol–water partition coefficient (Wildman–Crippen LogP) is 8.51. The summed E-state index contributed by atoms with van der Waals surface area (Å²) in [6.07, 6.45) is 17.3. The molecule has 1 amide bonds. The van der Waals surface area contributed by atoms with Gasteiger partial charge in [-0.1, -0.05) is 35.1 Å². The number of hydrogen-bond acceptors (Lipinski definition) is 7. The molecular formula is C33H50N4O3S2. The molecule has 10 rings (SSSR count). The molecule has 2 heterocycles. The number of nitrogen functional groups attached to an aromatic ring is 1. The van der Waals surface area contributed by atoms with Gasteiger partial charge in [-0.2, -0.15) is 0 Å². The highest BCUT2D eigenvalue weighted by Crippen LogP contribution is 2.70. The average molecular weight is 615 g/mol. The molecule has 232 valence electrons. The smallest absolute Gasteiger partial charge is 0.309 e. The standard InChI is InChI=1S/C16H22N2OS.C13H20O2.C3H4N2S.CH4/c1-14-5-11-6-15(2,8-14)10-16(7-11,9-14)12(19)18-13-17-3-4-20-13;1-11-3-9-4-12(2,6-11)8-13(5-9,7-11)10(14)15;4-3-5-1-2-6-3;/h3-4,11H,5-10H2,1-2H3,(H,17,18,19);9H,3-8H2,1-2H3,(H,14,15);1-2H,(H2,4,5);1H4. The van der Waals surface area contributed by atoms with Crippen LogP contribution in [0.25, 0.3) is 0 Å². The third-order valence-electron chi connectivity index (χ3n) is 11.3. The minimum absolute atomic E-state index is 0. The number of carbonyl (C=O) groups excluding carboxylic acids is 1. The average Bonchev–Trinajstić information content (AvgIpc) is 3.49. The summed E-state index contributed by atoms with van der Waals surface area (Å²) in [6, 6.07) is 0. The first kappa shape index (κ1) is 31.4. The molecule has 0 saturated heterocycles. The Morgan fingerprint density at radius 1 is 0.762 bits per heavy atom. The maximum atomic E-state index is 12.9. The molecule has 8 aliphatic rings. The number of rotatable bonds is 3. The number of nitrogens with zero attached hydrogens (tertiary/aromatic N) is 2. The molecule has 0 radical (unpaired) electrons. The van der Waals surface area contributed by atoms with Gasteiger partial charge in [0.15, 0.2) is 10.3 Å². The second-order valence-electron chi connectivity index (χ2n) is 16.3. The van der Waals surface area contributed by atoms with E-state index in [1.165, 1.54) is 61.2 Å². The summed E-state index contributed by atoms with van der Waals surface area (Å²) in [5, 5.41) is 17.7. The van der Waals surface area contributed by atoms with Crippen LogP contribution >= 0.6 is 22.7 Å². The van der Waals surface area contributed by atoms with Crippen molar-refractivity contribution < 1.29 is 14.7 Å². The Morgan fingerprint density at radius 3 is 1.57 bits per heavy atom. The zero-order chi connectivity index (χ0) is 29.3. The lowest BCUT2D eigenvalue weighted by Gasteiger charge is -2.64. The molecule has 0 aliphatic heterocycles. The van der Waals surface area contributed by atoms with Crippen molar-refractivity contribution in [1.82, 2.24) is 9.97 Å². The van der Waals surface area contributed by atoms with Gasteiger partial charge in [0.2, 0.25) is 5.91 Å². The number of hydrogen-bond donors (Lipinski definition) is 3. The fourth-order valence-corrected chi connectivity index (χ4v) is 13.0. The highest BCUT2D eigenvalue weighted by molar-refractivity contribution is 7.13. The molecule has 4 N–H and O–H groups in total. The van der Waals surface area contributed by atoms with Crippen molar-refractivity contribution in [2.45, 2.75) is 112 Å². The summed E-state index contributed by atoms with van der Waals surface area (Å²) in [4.78, 5) is 32.4. The fourth-order valence-electron chi connectivity index (χ4n) is 12.1. The van der Waals surface area contributed by atoms with Crippen molar-refractivity contribution in [2.24, 2.45) is 44.3 Å². The zero-order valence-corrected chi connectivity index (χ0v) is 26.6. The van der Waals surface area contributed by atoms with E-state index < -0.39 is 5.97 Å². The summed E-state index contributed by atoms with van der Waals surface area (Å²) in [5.41, 5.74) is 6.12. The molecule has 42 heavy (non-hydrogen) atoms. The zero-order valence-electron chi connectivity index (χ0n) is 25.0. The Balaban J connectivity index is 0.000000141. The summed E-state index contributed by atoms with van der Waals surface area (Å²) < 4.78 is 0. The monoisotopic (exact) mass is 614 g/mol. The summed E-state index contributed by atoms with van der Waals surface area (Å²) in [6.45, 7) is 9.43. The highest BCUT2D eigenvalue weighted by atomic mass is 32.1. The second kappa shape index (κ2) is 10.6. The van der Waals surface area contributed by atoms with Crippen LogP contribution in [0.15, 0.2) is 23.2 Å². The van der Waals surface area contributed by atoms with E-state index in [4.69, 9.17) is 5.73 Å². The largest absolute Gasteiger partial charge is 0.481 e. The molecule has 4 unspecified atom stereocenters. The van der Waals surface area contributed by atoms with E-state index in [1.54, 1.807) is 12.4 Å². The molecule has 8 bridgehead atoms. The van der Waals surface area contributed by atoms with Crippen LogP contribution in [-0.2, 0) is 9.59 Å². The van der Waals surface area contributed by atoms with E-state index in [-0.39, 0.29) is 24.2 Å². The van der Waals surface area contributed by atoms with E-state index in [9.17, 15) is 14.7 Å². The number of aromatic nitrogens is 2. The quantitative estimate of drug-likeness (QED) is 0.319. The second-order valence-corrected chi connectivity index (χ2v) is 18.1.